The maximum absolute atomic E-state index is 10.1. The summed E-state index contributed by atoms with van der Waals surface area (Å²) in [5.74, 6) is 1.38. The standard InChI is InChI=1S/C13H19BrO2/c1-9(2)8-12(14)13(15)10-4-6-11(16-3)7-5-10/h4-7,9,12-13,15H,8H2,1-3H3. The highest BCUT2D eigenvalue weighted by Crippen LogP contribution is 2.28. The lowest BCUT2D eigenvalue weighted by atomic mass is 10.00. The van der Waals surface area contributed by atoms with E-state index in [1.165, 1.54) is 0 Å². The van der Waals surface area contributed by atoms with Crippen molar-refractivity contribution in [2.75, 3.05) is 7.11 Å². The van der Waals surface area contributed by atoms with Crippen LogP contribution in [0.25, 0.3) is 0 Å². The molecule has 1 aromatic carbocycles. The van der Waals surface area contributed by atoms with E-state index in [0.717, 1.165) is 17.7 Å². The minimum atomic E-state index is -0.465. The van der Waals surface area contributed by atoms with Gasteiger partial charge in [-0.25, -0.2) is 0 Å². The molecular weight excluding hydrogens is 268 g/mol. The molecule has 1 aromatic rings. The van der Waals surface area contributed by atoms with E-state index < -0.39 is 6.10 Å². The van der Waals surface area contributed by atoms with Crippen molar-refractivity contribution in [3.05, 3.63) is 29.8 Å². The number of hydrogen-bond donors (Lipinski definition) is 1. The van der Waals surface area contributed by atoms with Crippen LogP contribution in [0.4, 0.5) is 0 Å². The first-order valence-corrected chi connectivity index (χ1v) is 6.42. The molecule has 1 rings (SSSR count). The van der Waals surface area contributed by atoms with Gasteiger partial charge < -0.3 is 9.84 Å². The van der Waals surface area contributed by atoms with Crippen molar-refractivity contribution in [3.63, 3.8) is 0 Å². The highest BCUT2D eigenvalue weighted by atomic mass is 79.9. The van der Waals surface area contributed by atoms with Crippen LogP contribution in [0.15, 0.2) is 24.3 Å². The van der Waals surface area contributed by atoms with Gasteiger partial charge in [0.2, 0.25) is 0 Å². The molecule has 16 heavy (non-hydrogen) atoms. The van der Waals surface area contributed by atoms with Crippen LogP contribution < -0.4 is 4.74 Å². The second-order valence-corrected chi connectivity index (χ2v) is 5.54. The predicted octanol–water partition coefficient (Wildman–Crippen LogP) is 3.54. The molecule has 0 fully saturated rings. The lowest BCUT2D eigenvalue weighted by Gasteiger charge is -2.19. The molecule has 0 aliphatic carbocycles. The molecule has 0 radical (unpaired) electrons. The summed E-state index contributed by atoms with van der Waals surface area (Å²) in [4.78, 5) is 0.0981. The van der Waals surface area contributed by atoms with Crippen molar-refractivity contribution >= 4 is 15.9 Å². The molecule has 0 spiro atoms. The fourth-order valence-electron chi connectivity index (χ4n) is 1.59. The smallest absolute Gasteiger partial charge is 0.118 e. The van der Waals surface area contributed by atoms with Crippen LogP contribution in [0.2, 0.25) is 0 Å². The van der Waals surface area contributed by atoms with Gasteiger partial charge >= 0.3 is 0 Å². The Morgan fingerprint density at radius 1 is 1.25 bits per heavy atom. The molecule has 0 bridgehead atoms. The molecule has 2 atom stereocenters. The van der Waals surface area contributed by atoms with Crippen molar-refractivity contribution in [2.45, 2.75) is 31.2 Å². The third-order valence-corrected chi connectivity index (χ3v) is 3.37. The van der Waals surface area contributed by atoms with E-state index in [-0.39, 0.29) is 4.83 Å². The molecule has 0 saturated carbocycles. The number of halogens is 1. The molecule has 0 amide bonds. The molecule has 2 nitrogen and oxygen atoms in total. The van der Waals surface area contributed by atoms with Crippen molar-refractivity contribution in [3.8, 4) is 5.75 Å². The molecule has 0 aliphatic rings. The monoisotopic (exact) mass is 286 g/mol. The third kappa shape index (κ3) is 3.80. The second kappa shape index (κ2) is 6.26. The van der Waals surface area contributed by atoms with E-state index in [4.69, 9.17) is 4.74 Å². The van der Waals surface area contributed by atoms with E-state index in [9.17, 15) is 5.11 Å². The van der Waals surface area contributed by atoms with Gasteiger partial charge in [0.05, 0.1) is 13.2 Å². The van der Waals surface area contributed by atoms with E-state index >= 15 is 0 Å². The normalized spacial score (nSPS) is 14.9. The lowest BCUT2D eigenvalue weighted by molar-refractivity contribution is 0.168. The molecule has 0 aromatic heterocycles. The number of alkyl halides is 1. The van der Waals surface area contributed by atoms with Gasteiger partial charge in [-0.2, -0.15) is 0 Å². The summed E-state index contributed by atoms with van der Waals surface area (Å²) in [5.41, 5.74) is 0.920. The van der Waals surface area contributed by atoms with Gasteiger partial charge in [0.15, 0.2) is 0 Å². The van der Waals surface area contributed by atoms with Gasteiger partial charge in [-0.15, -0.1) is 0 Å². The molecule has 2 unspecified atom stereocenters. The summed E-state index contributed by atoms with van der Waals surface area (Å²) >= 11 is 3.53. The van der Waals surface area contributed by atoms with E-state index in [2.05, 4.69) is 29.8 Å². The van der Waals surface area contributed by atoms with Crippen molar-refractivity contribution in [2.24, 2.45) is 5.92 Å². The van der Waals surface area contributed by atoms with E-state index in [0.29, 0.717) is 5.92 Å². The summed E-state index contributed by atoms with van der Waals surface area (Å²) in [5, 5.41) is 10.1. The second-order valence-electron chi connectivity index (χ2n) is 4.36. The SMILES string of the molecule is COc1ccc(C(O)C(Br)CC(C)C)cc1. The predicted molar refractivity (Wildman–Crippen MR) is 70.1 cm³/mol. The summed E-state index contributed by atoms with van der Waals surface area (Å²) < 4.78 is 5.08. The lowest BCUT2D eigenvalue weighted by Crippen LogP contribution is -2.14. The summed E-state index contributed by atoms with van der Waals surface area (Å²) in [7, 11) is 1.64. The molecule has 0 saturated heterocycles. The average Bonchev–Trinajstić information content (AvgIpc) is 2.27. The van der Waals surface area contributed by atoms with Gasteiger partial charge in [-0.05, 0) is 30.0 Å². The number of ether oxygens (including phenoxy) is 1. The highest BCUT2D eigenvalue weighted by molar-refractivity contribution is 9.09. The summed E-state index contributed by atoms with van der Waals surface area (Å²) in [6, 6.07) is 7.54. The van der Waals surface area contributed by atoms with Gasteiger partial charge in [0.25, 0.3) is 0 Å². The van der Waals surface area contributed by atoms with Gasteiger partial charge in [0.1, 0.15) is 5.75 Å². The fraction of sp³-hybridized carbons (Fsp3) is 0.538. The zero-order chi connectivity index (χ0) is 12.1. The van der Waals surface area contributed by atoms with Gasteiger partial charge in [0, 0.05) is 4.83 Å². The topological polar surface area (TPSA) is 29.5 Å². The van der Waals surface area contributed by atoms with Crippen molar-refractivity contribution < 1.29 is 9.84 Å². The number of methoxy groups -OCH3 is 1. The van der Waals surface area contributed by atoms with Crippen LogP contribution in [0.5, 0.6) is 5.75 Å². The van der Waals surface area contributed by atoms with Crippen LogP contribution in [-0.4, -0.2) is 17.0 Å². The Morgan fingerprint density at radius 2 is 1.81 bits per heavy atom. The number of hydrogen-bond acceptors (Lipinski definition) is 2. The fourth-order valence-corrected chi connectivity index (χ4v) is 2.64. The molecule has 1 N–H and O–H groups in total. The number of benzene rings is 1. The zero-order valence-corrected chi connectivity index (χ0v) is 11.6. The van der Waals surface area contributed by atoms with Crippen LogP contribution in [0.3, 0.4) is 0 Å². The Kier molecular flexibility index (Phi) is 5.29. The molecular formula is C13H19BrO2. The van der Waals surface area contributed by atoms with E-state index in [1.807, 2.05) is 24.3 Å². The Labute approximate surface area is 106 Å². The Bertz CT molecular complexity index is 308. The largest absolute Gasteiger partial charge is 0.497 e. The average molecular weight is 287 g/mol. The molecule has 0 aliphatic heterocycles. The van der Waals surface area contributed by atoms with Crippen LogP contribution in [-0.2, 0) is 0 Å². The summed E-state index contributed by atoms with van der Waals surface area (Å²) in [6.45, 7) is 4.30. The van der Waals surface area contributed by atoms with E-state index in [1.54, 1.807) is 7.11 Å². The Balaban J connectivity index is 2.67. The minimum Gasteiger partial charge on any atom is -0.497 e. The number of rotatable bonds is 5. The Morgan fingerprint density at radius 3 is 2.25 bits per heavy atom. The Hall–Kier alpha value is -0.540. The van der Waals surface area contributed by atoms with Gasteiger partial charge in [-0.1, -0.05) is 41.9 Å². The maximum atomic E-state index is 10.1. The zero-order valence-electron chi connectivity index (χ0n) is 9.98. The van der Waals surface area contributed by atoms with Gasteiger partial charge in [-0.3, -0.25) is 0 Å². The highest BCUT2D eigenvalue weighted by Gasteiger charge is 2.18. The van der Waals surface area contributed by atoms with Crippen molar-refractivity contribution in [1.29, 1.82) is 0 Å². The number of aliphatic hydroxyl groups is 1. The van der Waals surface area contributed by atoms with Crippen LogP contribution in [0.1, 0.15) is 31.9 Å². The third-order valence-electron chi connectivity index (χ3n) is 2.50. The number of aliphatic hydroxyl groups excluding tert-OH is 1. The van der Waals surface area contributed by atoms with Crippen LogP contribution >= 0.6 is 15.9 Å². The maximum Gasteiger partial charge on any atom is 0.118 e. The first kappa shape index (κ1) is 13.5. The first-order chi connectivity index (χ1) is 7.54. The first-order valence-electron chi connectivity index (χ1n) is 5.50. The van der Waals surface area contributed by atoms with Crippen LogP contribution in [0, 0.1) is 5.92 Å². The molecule has 3 heteroatoms. The quantitative estimate of drug-likeness (QED) is 0.839. The summed E-state index contributed by atoms with van der Waals surface area (Å²) in [6.07, 6.45) is 0.487. The minimum absolute atomic E-state index is 0.0981. The molecule has 0 heterocycles. The molecule has 90 valence electrons. The van der Waals surface area contributed by atoms with Crippen molar-refractivity contribution in [1.82, 2.24) is 0 Å².